The van der Waals surface area contributed by atoms with Crippen molar-refractivity contribution in [2.75, 3.05) is 0 Å². The second kappa shape index (κ2) is 4.47. The van der Waals surface area contributed by atoms with Gasteiger partial charge in [0.05, 0.1) is 11.2 Å². The second-order valence-electron chi connectivity index (χ2n) is 6.86. The summed E-state index contributed by atoms with van der Waals surface area (Å²) < 4.78 is 11.9. The van der Waals surface area contributed by atoms with Crippen molar-refractivity contribution < 1.29 is 14.4 Å². The van der Waals surface area contributed by atoms with Crippen LogP contribution in [-0.2, 0) is 9.31 Å². The van der Waals surface area contributed by atoms with Gasteiger partial charge in [-0.1, -0.05) is 6.42 Å². The molecule has 20 heavy (non-hydrogen) atoms. The van der Waals surface area contributed by atoms with Crippen LogP contribution in [0.2, 0.25) is 0 Å². The maximum atomic E-state index is 10.1. The Kier molecular flexibility index (Phi) is 3.10. The summed E-state index contributed by atoms with van der Waals surface area (Å²) in [5.74, 6) is 0.670. The van der Waals surface area contributed by atoms with Gasteiger partial charge in [-0.05, 0) is 52.7 Å². The topological polar surface area (TPSA) is 51.6 Å². The molecule has 1 aliphatic heterocycles. The van der Waals surface area contributed by atoms with Crippen LogP contribution in [0.5, 0.6) is 5.75 Å². The number of hydrogen-bond donors (Lipinski definition) is 1. The van der Waals surface area contributed by atoms with Gasteiger partial charge < -0.3 is 14.4 Å². The van der Waals surface area contributed by atoms with Crippen molar-refractivity contribution in [3.63, 3.8) is 0 Å². The first-order valence-corrected chi connectivity index (χ1v) is 7.36. The molecule has 0 bridgehead atoms. The summed E-state index contributed by atoms with van der Waals surface area (Å²) in [5.41, 5.74) is 0.711. The predicted octanol–water partition coefficient (Wildman–Crippen LogP) is 2.35. The molecule has 1 saturated carbocycles. The van der Waals surface area contributed by atoms with Crippen LogP contribution in [0, 0.1) is 0 Å². The van der Waals surface area contributed by atoms with E-state index in [0.29, 0.717) is 11.5 Å². The van der Waals surface area contributed by atoms with Crippen LogP contribution in [-0.4, -0.2) is 28.4 Å². The van der Waals surface area contributed by atoms with Crippen LogP contribution >= 0.6 is 0 Å². The number of pyridine rings is 1. The summed E-state index contributed by atoms with van der Waals surface area (Å²) in [6.45, 7) is 8.00. The van der Waals surface area contributed by atoms with Gasteiger partial charge >= 0.3 is 7.12 Å². The van der Waals surface area contributed by atoms with E-state index in [2.05, 4.69) is 4.98 Å². The molecule has 0 amide bonds. The molecule has 1 aliphatic carbocycles. The number of hydrogen-bond acceptors (Lipinski definition) is 4. The molecule has 4 nitrogen and oxygen atoms in total. The first-order chi connectivity index (χ1) is 9.30. The monoisotopic (exact) mass is 275 g/mol. The molecule has 0 unspecified atom stereocenters. The van der Waals surface area contributed by atoms with Gasteiger partial charge in [0, 0.05) is 11.6 Å². The summed E-state index contributed by atoms with van der Waals surface area (Å²) in [7, 11) is -0.597. The smallest absolute Gasteiger partial charge is 0.507 e. The minimum Gasteiger partial charge on any atom is -0.507 e. The molecule has 1 aromatic rings. The minimum absolute atomic E-state index is 0.145. The lowest BCUT2D eigenvalue weighted by Gasteiger charge is -2.32. The average molecular weight is 275 g/mol. The van der Waals surface area contributed by atoms with Gasteiger partial charge in [0.2, 0.25) is 0 Å². The maximum absolute atomic E-state index is 10.1. The zero-order chi connectivity index (χ0) is 14.5. The fourth-order valence-electron chi connectivity index (χ4n) is 2.54. The molecule has 2 heterocycles. The van der Waals surface area contributed by atoms with Crippen LogP contribution < -0.4 is 5.59 Å². The molecule has 0 aromatic carbocycles. The van der Waals surface area contributed by atoms with Crippen LogP contribution in [0.25, 0.3) is 0 Å². The van der Waals surface area contributed by atoms with Crippen molar-refractivity contribution in [3.05, 3.63) is 17.8 Å². The Morgan fingerprint density at radius 2 is 1.75 bits per heavy atom. The van der Waals surface area contributed by atoms with E-state index in [-0.39, 0.29) is 5.75 Å². The SMILES string of the molecule is CC1(C)OB(c2nc(C3CCC3)ccc2O)OC1(C)C. The van der Waals surface area contributed by atoms with E-state index >= 15 is 0 Å². The molecule has 2 aliphatic rings. The molecule has 1 N–H and O–H groups in total. The Morgan fingerprint density at radius 1 is 1.15 bits per heavy atom. The summed E-state index contributed by atoms with van der Waals surface area (Å²) in [6.07, 6.45) is 3.63. The first kappa shape index (κ1) is 13.9. The molecule has 0 radical (unpaired) electrons. The van der Waals surface area contributed by atoms with E-state index in [9.17, 15) is 5.11 Å². The largest absolute Gasteiger partial charge is 0.518 e. The van der Waals surface area contributed by atoms with Crippen LogP contribution in [0.1, 0.15) is 58.6 Å². The van der Waals surface area contributed by atoms with Gasteiger partial charge in [0.25, 0.3) is 0 Å². The normalized spacial score (nSPS) is 24.7. The van der Waals surface area contributed by atoms with E-state index < -0.39 is 18.3 Å². The standard InChI is InChI=1S/C15H22BNO3/c1-14(2)15(3,4)20-16(19-14)13-12(18)9-8-11(17-13)10-6-5-7-10/h8-10,18H,5-7H2,1-4H3. The summed E-state index contributed by atoms with van der Waals surface area (Å²) in [6, 6.07) is 3.62. The van der Waals surface area contributed by atoms with Gasteiger partial charge in [-0.15, -0.1) is 0 Å². The van der Waals surface area contributed by atoms with E-state index in [0.717, 1.165) is 5.69 Å². The Balaban J connectivity index is 1.90. The van der Waals surface area contributed by atoms with Crippen molar-refractivity contribution in [1.29, 1.82) is 0 Å². The van der Waals surface area contributed by atoms with Gasteiger partial charge in [-0.25, -0.2) is 0 Å². The van der Waals surface area contributed by atoms with E-state index in [1.165, 1.54) is 19.3 Å². The molecular formula is C15H22BNO3. The number of aromatic nitrogens is 1. The van der Waals surface area contributed by atoms with Crippen molar-refractivity contribution in [2.24, 2.45) is 0 Å². The fraction of sp³-hybridized carbons (Fsp3) is 0.667. The van der Waals surface area contributed by atoms with Gasteiger partial charge in [0.15, 0.2) is 0 Å². The highest BCUT2D eigenvalue weighted by Gasteiger charge is 2.53. The van der Waals surface area contributed by atoms with Crippen molar-refractivity contribution in [2.45, 2.75) is 64.1 Å². The Morgan fingerprint density at radius 3 is 2.25 bits per heavy atom. The van der Waals surface area contributed by atoms with Crippen LogP contribution in [0.4, 0.5) is 0 Å². The highest BCUT2D eigenvalue weighted by atomic mass is 16.7. The highest BCUT2D eigenvalue weighted by Crippen LogP contribution is 2.38. The fourth-order valence-corrected chi connectivity index (χ4v) is 2.54. The molecule has 2 fully saturated rings. The lowest BCUT2D eigenvalue weighted by atomic mass is 9.79. The van der Waals surface area contributed by atoms with Gasteiger partial charge in [-0.3, -0.25) is 4.98 Å². The molecule has 0 atom stereocenters. The van der Waals surface area contributed by atoms with Crippen LogP contribution in [0.15, 0.2) is 12.1 Å². The lowest BCUT2D eigenvalue weighted by Crippen LogP contribution is -2.41. The third-order valence-corrected chi connectivity index (χ3v) is 4.92. The summed E-state index contributed by atoms with van der Waals surface area (Å²) in [5, 5.41) is 10.1. The molecular weight excluding hydrogens is 253 g/mol. The molecule has 3 rings (SSSR count). The van der Waals surface area contributed by atoms with Crippen molar-refractivity contribution in [3.8, 4) is 5.75 Å². The maximum Gasteiger partial charge on any atom is 0.518 e. The Labute approximate surface area is 120 Å². The Bertz CT molecular complexity index is 510. The van der Waals surface area contributed by atoms with E-state index in [1.54, 1.807) is 6.07 Å². The van der Waals surface area contributed by atoms with Crippen molar-refractivity contribution in [1.82, 2.24) is 4.98 Å². The van der Waals surface area contributed by atoms with Gasteiger partial charge in [0.1, 0.15) is 11.3 Å². The van der Waals surface area contributed by atoms with Crippen LogP contribution in [0.3, 0.4) is 0 Å². The number of rotatable bonds is 2. The summed E-state index contributed by atoms with van der Waals surface area (Å²) >= 11 is 0. The number of nitrogens with zero attached hydrogens (tertiary/aromatic N) is 1. The van der Waals surface area contributed by atoms with E-state index in [1.807, 2.05) is 33.8 Å². The average Bonchev–Trinajstić information content (AvgIpc) is 2.48. The van der Waals surface area contributed by atoms with Gasteiger partial charge in [-0.2, -0.15) is 0 Å². The predicted molar refractivity (Wildman–Crippen MR) is 78.2 cm³/mol. The molecule has 108 valence electrons. The molecule has 1 saturated heterocycles. The summed E-state index contributed by atoms with van der Waals surface area (Å²) in [4.78, 5) is 4.61. The number of aromatic hydroxyl groups is 1. The molecule has 0 spiro atoms. The third-order valence-electron chi connectivity index (χ3n) is 4.92. The Hall–Kier alpha value is -1.07. The zero-order valence-corrected chi connectivity index (χ0v) is 12.6. The zero-order valence-electron chi connectivity index (χ0n) is 12.6. The van der Waals surface area contributed by atoms with E-state index in [4.69, 9.17) is 9.31 Å². The lowest BCUT2D eigenvalue weighted by molar-refractivity contribution is 0.00578. The molecule has 5 heteroatoms. The molecule has 1 aromatic heterocycles. The van der Waals surface area contributed by atoms with Crippen molar-refractivity contribution >= 4 is 12.7 Å². The second-order valence-corrected chi connectivity index (χ2v) is 6.86. The highest BCUT2D eigenvalue weighted by molar-refractivity contribution is 6.62. The third kappa shape index (κ3) is 2.13. The quantitative estimate of drug-likeness (QED) is 0.842. The minimum atomic E-state index is -0.597. The first-order valence-electron chi connectivity index (χ1n) is 7.36.